The Labute approximate surface area is 120 Å². The van der Waals surface area contributed by atoms with Crippen LogP contribution in [-0.2, 0) is 4.74 Å². The van der Waals surface area contributed by atoms with E-state index in [0.717, 1.165) is 5.69 Å². The van der Waals surface area contributed by atoms with Crippen LogP contribution in [0.1, 0.15) is 23.2 Å². The SMILES string of the molecule is C=CCNC(=O)c1ccc(NC(COC)C2CC2)cc1. The molecule has 0 bridgehead atoms. The lowest BCUT2D eigenvalue weighted by Gasteiger charge is -2.18. The van der Waals surface area contributed by atoms with Gasteiger partial charge in [-0.15, -0.1) is 6.58 Å². The number of anilines is 1. The minimum absolute atomic E-state index is 0.0768. The van der Waals surface area contributed by atoms with E-state index < -0.39 is 0 Å². The van der Waals surface area contributed by atoms with E-state index in [4.69, 9.17) is 4.74 Å². The molecule has 20 heavy (non-hydrogen) atoms. The molecule has 1 aromatic rings. The Morgan fingerprint density at radius 1 is 1.45 bits per heavy atom. The molecule has 1 saturated carbocycles. The van der Waals surface area contributed by atoms with E-state index in [1.54, 1.807) is 13.2 Å². The lowest BCUT2D eigenvalue weighted by Crippen LogP contribution is -2.27. The molecule has 0 aliphatic heterocycles. The van der Waals surface area contributed by atoms with Crippen molar-refractivity contribution in [3.63, 3.8) is 0 Å². The largest absolute Gasteiger partial charge is 0.383 e. The molecular weight excluding hydrogens is 252 g/mol. The zero-order valence-corrected chi connectivity index (χ0v) is 11.9. The Morgan fingerprint density at radius 3 is 2.70 bits per heavy atom. The summed E-state index contributed by atoms with van der Waals surface area (Å²) >= 11 is 0. The average Bonchev–Trinajstić information content (AvgIpc) is 3.29. The third-order valence-electron chi connectivity index (χ3n) is 3.44. The first-order valence-corrected chi connectivity index (χ1v) is 6.99. The minimum Gasteiger partial charge on any atom is -0.383 e. The molecule has 0 heterocycles. The highest BCUT2D eigenvalue weighted by atomic mass is 16.5. The van der Waals surface area contributed by atoms with Gasteiger partial charge in [-0.05, 0) is 43.0 Å². The van der Waals surface area contributed by atoms with Crippen molar-refractivity contribution in [2.45, 2.75) is 18.9 Å². The zero-order valence-electron chi connectivity index (χ0n) is 11.9. The number of ether oxygens (including phenoxy) is 1. The van der Waals surface area contributed by atoms with Gasteiger partial charge in [0.05, 0.1) is 12.6 Å². The van der Waals surface area contributed by atoms with Gasteiger partial charge in [-0.3, -0.25) is 4.79 Å². The van der Waals surface area contributed by atoms with Gasteiger partial charge in [0.1, 0.15) is 0 Å². The molecule has 1 fully saturated rings. The van der Waals surface area contributed by atoms with E-state index in [9.17, 15) is 4.79 Å². The number of hydrogen-bond acceptors (Lipinski definition) is 3. The van der Waals surface area contributed by atoms with Gasteiger partial charge >= 0.3 is 0 Å². The van der Waals surface area contributed by atoms with Crippen molar-refractivity contribution in [3.8, 4) is 0 Å². The molecule has 0 saturated heterocycles. The van der Waals surface area contributed by atoms with Crippen LogP contribution in [0.2, 0.25) is 0 Å². The quantitative estimate of drug-likeness (QED) is 0.716. The van der Waals surface area contributed by atoms with Gasteiger partial charge in [-0.2, -0.15) is 0 Å². The molecule has 0 spiro atoms. The average molecular weight is 274 g/mol. The standard InChI is InChI=1S/C16H22N2O2/c1-3-10-17-16(19)13-6-8-14(9-7-13)18-15(11-20-2)12-4-5-12/h3,6-9,12,15,18H,1,4-5,10-11H2,2H3,(H,17,19). The summed E-state index contributed by atoms with van der Waals surface area (Å²) in [6, 6.07) is 7.90. The number of methoxy groups -OCH3 is 1. The lowest BCUT2D eigenvalue weighted by molar-refractivity contribution is 0.0958. The van der Waals surface area contributed by atoms with E-state index in [1.807, 2.05) is 24.3 Å². The predicted octanol–water partition coefficient (Wildman–Crippen LogP) is 2.44. The highest BCUT2D eigenvalue weighted by Crippen LogP contribution is 2.34. The summed E-state index contributed by atoms with van der Waals surface area (Å²) in [7, 11) is 1.73. The number of carbonyl (C=O) groups is 1. The van der Waals surface area contributed by atoms with Gasteiger partial charge < -0.3 is 15.4 Å². The minimum atomic E-state index is -0.0768. The van der Waals surface area contributed by atoms with Gasteiger partial charge in [0.25, 0.3) is 5.91 Å². The van der Waals surface area contributed by atoms with Crippen molar-refractivity contribution in [1.29, 1.82) is 0 Å². The first-order chi connectivity index (χ1) is 9.74. The Hall–Kier alpha value is -1.81. The Morgan fingerprint density at radius 2 is 2.15 bits per heavy atom. The monoisotopic (exact) mass is 274 g/mol. The van der Waals surface area contributed by atoms with Crippen molar-refractivity contribution >= 4 is 11.6 Å². The maximum atomic E-state index is 11.8. The highest BCUT2D eigenvalue weighted by Gasteiger charge is 2.31. The van der Waals surface area contributed by atoms with Gasteiger partial charge in [0, 0.05) is 24.9 Å². The fourth-order valence-electron chi connectivity index (χ4n) is 2.17. The van der Waals surface area contributed by atoms with Crippen LogP contribution in [0, 0.1) is 5.92 Å². The Balaban J connectivity index is 1.93. The van der Waals surface area contributed by atoms with Crippen LogP contribution in [0.5, 0.6) is 0 Å². The number of hydrogen-bond donors (Lipinski definition) is 2. The number of carbonyl (C=O) groups excluding carboxylic acids is 1. The number of benzene rings is 1. The molecule has 1 atom stereocenters. The predicted molar refractivity (Wildman–Crippen MR) is 81.0 cm³/mol. The van der Waals surface area contributed by atoms with Crippen LogP contribution < -0.4 is 10.6 Å². The second kappa shape index (κ2) is 7.10. The molecule has 108 valence electrons. The molecule has 1 aromatic carbocycles. The second-order valence-electron chi connectivity index (χ2n) is 5.12. The zero-order chi connectivity index (χ0) is 14.4. The first kappa shape index (κ1) is 14.6. The van der Waals surface area contributed by atoms with Crippen LogP contribution in [0.25, 0.3) is 0 Å². The summed E-state index contributed by atoms with van der Waals surface area (Å²) < 4.78 is 5.25. The smallest absolute Gasteiger partial charge is 0.251 e. The molecule has 1 aliphatic rings. The summed E-state index contributed by atoms with van der Waals surface area (Å²) in [5, 5.41) is 6.24. The second-order valence-corrected chi connectivity index (χ2v) is 5.12. The summed E-state index contributed by atoms with van der Waals surface area (Å²) in [4.78, 5) is 11.8. The maximum absolute atomic E-state index is 11.8. The van der Waals surface area contributed by atoms with Crippen molar-refractivity contribution < 1.29 is 9.53 Å². The van der Waals surface area contributed by atoms with Crippen LogP contribution in [0.15, 0.2) is 36.9 Å². The van der Waals surface area contributed by atoms with Gasteiger partial charge in [-0.25, -0.2) is 0 Å². The molecule has 1 aliphatic carbocycles. The number of nitrogens with one attached hydrogen (secondary N) is 2. The topological polar surface area (TPSA) is 50.4 Å². The molecule has 2 N–H and O–H groups in total. The Kier molecular flexibility index (Phi) is 5.18. The van der Waals surface area contributed by atoms with Crippen LogP contribution in [0.3, 0.4) is 0 Å². The fraction of sp³-hybridized carbons (Fsp3) is 0.438. The van der Waals surface area contributed by atoms with Crippen LogP contribution in [0.4, 0.5) is 5.69 Å². The van der Waals surface area contributed by atoms with E-state index in [-0.39, 0.29) is 5.91 Å². The third-order valence-corrected chi connectivity index (χ3v) is 3.44. The van der Waals surface area contributed by atoms with Gasteiger partial charge in [0.2, 0.25) is 0 Å². The molecule has 1 unspecified atom stereocenters. The van der Waals surface area contributed by atoms with E-state index in [1.165, 1.54) is 12.8 Å². The lowest BCUT2D eigenvalue weighted by atomic mass is 10.1. The highest BCUT2D eigenvalue weighted by molar-refractivity contribution is 5.94. The normalized spacial score (nSPS) is 15.4. The van der Waals surface area contributed by atoms with Crippen molar-refractivity contribution in [1.82, 2.24) is 5.32 Å². The number of rotatable bonds is 8. The summed E-state index contributed by atoms with van der Waals surface area (Å²) in [6.45, 7) is 4.77. The fourth-order valence-corrected chi connectivity index (χ4v) is 2.17. The maximum Gasteiger partial charge on any atom is 0.251 e. The van der Waals surface area contributed by atoms with E-state index in [2.05, 4.69) is 17.2 Å². The van der Waals surface area contributed by atoms with Crippen LogP contribution in [-0.4, -0.2) is 32.2 Å². The third kappa shape index (κ3) is 4.10. The van der Waals surface area contributed by atoms with Crippen molar-refractivity contribution in [2.75, 3.05) is 25.6 Å². The van der Waals surface area contributed by atoms with Gasteiger partial charge in [0.15, 0.2) is 0 Å². The number of amides is 1. The molecule has 0 aromatic heterocycles. The molecule has 2 rings (SSSR count). The van der Waals surface area contributed by atoms with Crippen molar-refractivity contribution in [3.05, 3.63) is 42.5 Å². The first-order valence-electron chi connectivity index (χ1n) is 6.99. The molecule has 1 amide bonds. The van der Waals surface area contributed by atoms with E-state index in [0.29, 0.717) is 30.7 Å². The summed E-state index contributed by atoms with van der Waals surface area (Å²) in [5.74, 6) is 0.637. The summed E-state index contributed by atoms with van der Waals surface area (Å²) in [6.07, 6.45) is 4.20. The van der Waals surface area contributed by atoms with Crippen molar-refractivity contribution in [2.24, 2.45) is 5.92 Å². The van der Waals surface area contributed by atoms with E-state index >= 15 is 0 Å². The Bertz CT molecular complexity index is 452. The molecule has 4 nitrogen and oxygen atoms in total. The molecular formula is C16H22N2O2. The van der Waals surface area contributed by atoms with Crippen LogP contribution >= 0.6 is 0 Å². The molecule has 4 heteroatoms. The molecule has 0 radical (unpaired) electrons. The van der Waals surface area contributed by atoms with Gasteiger partial charge in [-0.1, -0.05) is 6.08 Å². The summed E-state index contributed by atoms with van der Waals surface area (Å²) in [5.41, 5.74) is 1.69.